The molecule has 1 aromatic heterocycles. The van der Waals surface area contributed by atoms with Gasteiger partial charge in [0.1, 0.15) is 0 Å². The van der Waals surface area contributed by atoms with Crippen LogP contribution in [0, 0.1) is 0 Å². The fourth-order valence-corrected chi connectivity index (χ4v) is 4.73. The number of halogens is 1. The highest BCUT2D eigenvalue weighted by Gasteiger charge is 2.23. The zero-order chi connectivity index (χ0) is 22.9. The standard InChI is InChI=1S/C23H30ClN3O4S/c1-3-4-5-6-7-18(16-8-9-20(32(2)29)19(24)12-16)23(28)27-21-15-25-17(14-26-21)13-22-30-10-11-31-22/h8-9,12,14-15,18,22H,3-7,10-11,13H2,1-2H3,(H,26,27,28). The summed E-state index contributed by atoms with van der Waals surface area (Å²) in [4.78, 5) is 22.4. The Bertz CT molecular complexity index is 920. The van der Waals surface area contributed by atoms with E-state index < -0.39 is 10.8 Å². The Morgan fingerprint density at radius 1 is 1.22 bits per heavy atom. The number of carbonyl (C=O) groups is 1. The fourth-order valence-electron chi connectivity index (χ4n) is 3.63. The van der Waals surface area contributed by atoms with E-state index in [1.165, 1.54) is 0 Å². The smallest absolute Gasteiger partial charge is 0.233 e. The summed E-state index contributed by atoms with van der Waals surface area (Å²) in [5.74, 6) is -0.152. The van der Waals surface area contributed by atoms with Gasteiger partial charge in [-0.05, 0) is 24.1 Å². The molecular formula is C23H30ClN3O4S. The number of hydrogen-bond acceptors (Lipinski definition) is 6. The van der Waals surface area contributed by atoms with Crippen LogP contribution in [-0.2, 0) is 31.5 Å². The van der Waals surface area contributed by atoms with Crippen molar-refractivity contribution in [3.05, 3.63) is 46.9 Å². The molecule has 1 fully saturated rings. The number of nitrogens with one attached hydrogen (secondary N) is 1. The minimum absolute atomic E-state index is 0.160. The molecule has 174 valence electrons. The molecule has 3 rings (SSSR count). The van der Waals surface area contributed by atoms with E-state index in [2.05, 4.69) is 22.2 Å². The van der Waals surface area contributed by atoms with E-state index >= 15 is 0 Å². The fraction of sp³-hybridized carbons (Fsp3) is 0.522. The molecule has 2 heterocycles. The van der Waals surface area contributed by atoms with Crippen LogP contribution in [0.15, 0.2) is 35.5 Å². The van der Waals surface area contributed by atoms with Crippen molar-refractivity contribution >= 4 is 34.1 Å². The zero-order valence-corrected chi connectivity index (χ0v) is 20.1. The largest absolute Gasteiger partial charge is 0.350 e. The number of ether oxygens (including phenoxy) is 2. The van der Waals surface area contributed by atoms with Gasteiger partial charge in [-0.1, -0.05) is 50.3 Å². The van der Waals surface area contributed by atoms with Crippen molar-refractivity contribution in [2.24, 2.45) is 0 Å². The molecule has 2 atom stereocenters. The molecule has 9 heteroatoms. The molecule has 1 aliphatic heterocycles. The van der Waals surface area contributed by atoms with Gasteiger partial charge in [0.05, 0.1) is 57.9 Å². The summed E-state index contributed by atoms with van der Waals surface area (Å²) in [6.07, 6.45) is 9.92. The number of hydrogen-bond donors (Lipinski definition) is 1. The van der Waals surface area contributed by atoms with Crippen LogP contribution in [0.1, 0.15) is 56.2 Å². The second-order valence-corrected chi connectivity index (χ2v) is 9.56. The number of carbonyl (C=O) groups excluding carboxylic acids is 1. The second-order valence-electron chi connectivity index (χ2n) is 7.80. The maximum Gasteiger partial charge on any atom is 0.233 e. The minimum Gasteiger partial charge on any atom is -0.350 e. The molecule has 7 nitrogen and oxygen atoms in total. The highest BCUT2D eigenvalue weighted by Crippen LogP contribution is 2.29. The van der Waals surface area contributed by atoms with E-state index in [-0.39, 0.29) is 18.1 Å². The molecule has 2 unspecified atom stereocenters. The molecule has 0 spiro atoms. The average molecular weight is 480 g/mol. The molecule has 1 amide bonds. The molecule has 0 saturated carbocycles. The number of unbranched alkanes of at least 4 members (excludes halogenated alkanes) is 3. The third-order valence-electron chi connectivity index (χ3n) is 5.35. The van der Waals surface area contributed by atoms with E-state index in [4.69, 9.17) is 21.1 Å². The highest BCUT2D eigenvalue weighted by atomic mass is 35.5. The topological polar surface area (TPSA) is 90.4 Å². The van der Waals surface area contributed by atoms with Crippen molar-refractivity contribution in [3.8, 4) is 0 Å². The number of anilines is 1. The van der Waals surface area contributed by atoms with Crippen molar-refractivity contribution in [1.82, 2.24) is 9.97 Å². The summed E-state index contributed by atoms with van der Waals surface area (Å²) in [5, 5.41) is 3.29. The van der Waals surface area contributed by atoms with E-state index in [1.54, 1.807) is 30.8 Å². The summed E-state index contributed by atoms with van der Waals surface area (Å²) in [6, 6.07) is 5.32. The number of rotatable bonds is 11. The first-order valence-corrected chi connectivity index (χ1v) is 12.9. The van der Waals surface area contributed by atoms with Gasteiger partial charge in [0.25, 0.3) is 0 Å². The van der Waals surface area contributed by atoms with Crippen LogP contribution >= 0.6 is 11.6 Å². The Hall–Kier alpha value is -1.87. The lowest BCUT2D eigenvalue weighted by atomic mass is 9.92. The maximum atomic E-state index is 13.1. The second kappa shape index (κ2) is 12.4. The van der Waals surface area contributed by atoms with Gasteiger partial charge < -0.3 is 14.8 Å². The first kappa shape index (κ1) is 24.8. The van der Waals surface area contributed by atoms with Crippen LogP contribution < -0.4 is 5.32 Å². The van der Waals surface area contributed by atoms with Crippen LogP contribution in [0.2, 0.25) is 5.02 Å². The molecule has 1 aromatic carbocycles. The van der Waals surface area contributed by atoms with Gasteiger partial charge in [-0.3, -0.25) is 14.0 Å². The van der Waals surface area contributed by atoms with Gasteiger partial charge in [0, 0.05) is 12.7 Å². The van der Waals surface area contributed by atoms with Crippen LogP contribution in [0.3, 0.4) is 0 Å². The Morgan fingerprint density at radius 3 is 2.62 bits per heavy atom. The third-order valence-corrected chi connectivity index (χ3v) is 6.75. The molecule has 1 aliphatic rings. The van der Waals surface area contributed by atoms with Gasteiger partial charge >= 0.3 is 0 Å². The van der Waals surface area contributed by atoms with Crippen LogP contribution in [0.5, 0.6) is 0 Å². The lowest BCUT2D eigenvalue weighted by Gasteiger charge is -2.18. The molecule has 0 bridgehead atoms. The Balaban J connectivity index is 1.70. The quantitative estimate of drug-likeness (QED) is 0.478. The summed E-state index contributed by atoms with van der Waals surface area (Å²) >= 11 is 6.34. The number of amides is 1. The Kier molecular flexibility index (Phi) is 9.59. The SMILES string of the molecule is CCCCCCC(C(=O)Nc1cnc(CC2OCCO2)cn1)c1ccc(S(C)=O)c(Cl)c1. The maximum absolute atomic E-state index is 13.1. The lowest BCUT2D eigenvalue weighted by molar-refractivity contribution is -0.117. The molecule has 0 aliphatic carbocycles. The number of benzene rings is 1. The molecular weight excluding hydrogens is 450 g/mol. The monoisotopic (exact) mass is 479 g/mol. The zero-order valence-electron chi connectivity index (χ0n) is 18.5. The van der Waals surface area contributed by atoms with Crippen LogP contribution in [-0.4, -0.2) is 45.8 Å². The molecule has 1 saturated heterocycles. The van der Waals surface area contributed by atoms with Gasteiger partial charge in [-0.25, -0.2) is 4.98 Å². The summed E-state index contributed by atoms with van der Waals surface area (Å²) < 4.78 is 22.7. The predicted octanol–water partition coefficient (Wildman–Crippen LogP) is 4.48. The van der Waals surface area contributed by atoms with Gasteiger partial charge in [0.2, 0.25) is 5.91 Å². The number of nitrogens with zero attached hydrogens (tertiary/aromatic N) is 2. The van der Waals surface area contributed by atoms with Crippen molar-refractivity contribution in [1.29, 1.82) is 0 Å². The minimum atomic E-state index is -1.19. The Labute approximate surface area is 196 Å². The highest BCUT2D eigenvalue weighted by molar-refractivity contribution is 7.84. The molecule has 0 radical (unpaired) electrons. The molecule has 2 aromatic rings. The molecule has 32 heavy (non-hydrogen) atoms. The molecule has 1 N–H and O–H groups in total. The van der Waals surface area contributed by atoms with E-state index in [0.29, 0.717) is 41.8 Å². The van der Waals surface area contributed by atoms with Gasteiger partial charge in [-0.2, -0.15) is 0 Å². The van der Waals surface area contributed by atoms with Crippen molar-refractivity contribution in [3.63, 3.8) is 0 Å². The normalized spacial score (nSPS) is 16.1. The van der Waals surface area contributed by atoms with E-state index in [1.807, 2.05) is 6.07 Å². The Morgan fingerprint density at radius 2 is 2.00 bits per heavy atom. The predicted molar refractivity (Wildman–Crippen MR) is 125 cm³/mol. The summed E-state index contributed by atoms with van der Waals surface area (Å²) in [6.45, 7) is 3.33. The summed E-state index contributed by atoms with van der Waals surface area (Å²) in [5.41, 5.74) is 1.54. The first-order valence-electron chi connectivity index (χ1n) is 11.0. The van der Waals surface area contributed by atoms with E-state index in [0.717, 1.165) is 36.9 Å². The van der Waals surface area contributed by atoms with Crippen LogP contribution in [0.25, 0.3) is 0 Å². The van der Waals surface area contributed by atoms with Crippen molar-refractivity contribution < 1.29 is 18.5 Å². The van der Waals surface area contributed by atoms with Gasteiger partial charge in [0.15, 0.2) is 12.1 Å². The van der Waals surface area contributed by atoms with Gasteiger partial charge in [-0.15, -0.1) is 0 Å². The van der Waals surface area contributed by atoms with Crippen molar-refractivity contribution in [2.75, 3.05) is 24.8 Å². The first-order chi connectivity index (χ1) is 15.5. The summed E-state index contributed by atoms with van der Waals surface area (Å²) in [7, 11) is -1.19. The van der Waals surface area contributed by atoms with Crippen molar-refractivity contribution in [2.45, 2.75) is 62.6 Å². The third kappa shape index (κ3) is 7.07. The number of aromatic nitrogens is 2. The van der Waals surface area contributed by atoms with E-state index in [9.17, 15) is 9.00 Å². The average Bonchev–Trinajstić information content (AvgIpc) is 3.28. The van der Waals surface area contributed by atoms with Crippen LogP contribution in [0.4, 0.5) is 5.82 Å². The lowest BCUT2D eigenvalue weighted by Crippen LogP contribution is -2.22.